The van der Waals surface area contributed by atoms with Crippen molar-refractivity contribution in [2.45, 2.75) is 59.3 Å². The van der Waals surface area contributed by atoms with Gasteiger partial charge in [0.15, 0.2) is 5.78 Å². The molecule has 3 heterocycles. The van der Waals surface area contributed by atoms with E-state index in [2.05, 4.69) is 25.6 Å². The molecule has 192 valence electrons. The first-order chi connectivity index (χ1) is 16.9. The summed E-state index contributed by atoms with van der Waals surface area (Å²) >= 11 is 0. The van der Waals surface area contributed by atoms with Gasteiger partial charge in [0.2, 0.25) is 5.91 Å². The van der Waals surface area contributed by atoms with Crippen LogP contribution in [0.4, 0.5) is 18.9 Å². The van der Waals surface area contributed by atoms with E-state index in [9.17, 15) is 22.8 Å². The number of amides is 1. The number of alkyl halides is 3. The van der Waals surface area contributed by atoms with Gasteiger partial charge in [-0.25, -0.2) is 4.98 Å². The number of allylic oxidation sites excluding steroid dienone is 1. The predicted molar refractivity (Wildman–Crippen MR) is 133 cm³/mol. The second kappa shape index (κ2) is 11.4. The highest BCUT2D eigenvalue weighted by Crippen LogP contribution is 2.30. The number of hydrogen-bond donors (Lipinski definition) is 3. The van der Waals surface area contributed by atoms with Crippen LogP contribution in [0.25, 0.3) is 22.2 Å². The smallest absolute Gasteiger partial charge is 0.374 e. The van der Waals surface area contributed by atoms with Crippen LogP contribution in [0.3, 0.4) is 0 Å². The van der Waals surface area contributed by atoms with Crippen LogP contribution in [0.5, 0.6) is 0 Å². The summed E-state index contributed by atoms with van der Waals surface area (Å²) in [6.07, 6.45) is 2.09. The van der Waals surface area contributed by atoms with Crippen LogP contribution in [-0.2, 0) is 16.1 Å². The second-order valence-electron chi connectivity index (χ2n) is 9.29. The zero-order chi connectivity index (χ0) is 26.5. The van der Waals surface area contributed by atoms with Crippen molar-refractivity contribution in [2.75, 3.05) is 5.32 Å². The number of carbonyl (C=O) groups is 2. The lowest BCUT2D eigenvalue weighted by Gasteiger charge is -2.22. The minimum Gasteiger partial charge on any atom is -0.374 e. The first-order valence-electron chi connectivity index (χ1n) is 11.6. The van der Waals surface area contributed by atoms with E-state index in [1.165, 1.54) is 12.3 Å². The topological polar surface area (TPSA) is 99.8 Å². The number of Topliss-reactive ketones (excluding diaryl/α,β-unsaturated/α-hetero) is 1. The number of nitrogens with zero attached hydrogens (tertiary/aromatic N) is 2. The number of hydrogen-bond acceptors (Lipinski definition) is 5. The Kier molecular flexibility index (Phi) is 8.49. The molecule has 1 unspecified atom stereocenters. The van der Waals surface area contributed by atoms with Gasteiger partial charge in [0, 0.05) is 60.3 Å². The van der Waals surface area contributed by atoms with E-state index in [4.69, 9.17) is 0 Å². The summed E-state index contributed by atoms with van der Waals surface area (Å²) in [4.78, 5) is 36.2. The first-order valence-corrected chi connectivity index (χ1v) is 11.6. The zero-order valence-electron chi connectivity index (χ0n) is 20.7. The van der Waals surface area contributed by atoms with Crippen molar-refractivity contribution in [3.05, 3.63) is 54.1 Å². The molecule has 1 amide bonds. The van der Waals surface area contributed by atoms with Crippen LogP contribution in [0.1, 0.15) is 46.1 Å². The maximum atomic E-state index is 12.6. The number of fused-ring (bicyclic) bond motifs is 1. The Morgan fingerprint density at radius 3 is 2.56 bits per heavy atom. The highest BCUT2D eigenvalue weighted by molar-refractivity contribution is 5.94. The van der Waals surface area contributed by atoms with Crippen molar-refractivity contribution >= 4 is 28.4 Å². The molecule has 0 spiro atoms. The van der Waals surface area contributed by atoms with Crippen LogP contribution in [-0.4, -0.2) is 38.9 Å². The Bertz CT molecular complexity index is 1260. The average Bonchev–Trinajstić information content (AvgIpc) is 3.22. The molecule has 3 rings (SSSR count). The number of pyridine rings is 2. The fourth-order valence-electron chi connectivity index (χ4n) is 3.77. The molecule has 0 fully saturated rings. The van der Waals surface area contributed by atoms with Gasteiger partial charge in [-0.1, -0.05) is 19.4 Å². The Morgan fingerprint density at radius 1 is 1.14 bits per heavy atom. The molecule has 3 N–H and O–H groups in total. The van der Waals surface area contributed by atoms with Crippen molar-refractivity contribution in [3.63, 3.8) is 0 Å². The van der Waals surface area contributed by atoms with Gasteiger partial charge in [-0.15, -0.1) is 0 Å². The van der Waals surface area contributed by atoms with Crippen molar-refractivity contribution < 1.29 is 22.8 Å². The monoisotopic (exact) mass is 501 g/mol. The van der Waals surface area contributed by atoms with Crippen molar-refractivity contribution in [2.24, 2.45) is 5.92 Å². The molecule has 0 aliphatic rings. The van der Waals surface area contributed by atoms with Gasteiger partial charge in [-0.05, 0) is 37.5 Å². The number of nitrogens with one attached hydrogen (secondary N) is 3. The summed E-state index contributed by atoms with van der Waals surface area (Å²) < 4.78 is 37.8. The lowest BCUT2D eigenvalue weighted by molar-refractivity contribution is -0.143. The Balaban J connectivity index is 1.81. The number of rotatable bonds is 10. The van der Waals surface area contributed by atoms with Crippen LogP contribution >= 0.6 is 0 Å². The van der Waals surface area contributed by atoms with Crippen molar-refractivity contribution in [3.8, 4) is 11.1 Å². The molecule has 1 atom stereocenters. The second-order valence-corrected chi connectivity index (χ2v) is 9.29. The van der Waals surface area contributed by atoms with Crippen molar-refractivity contribution in [1.29, 1.82) is 0 Å². The van der Waals surface area contributed by atoms with Gasteiger partial charge in [-0.2, -0.15) is 13.2 Å². The molecule has 0 aromatic carbocycles. The van der Waals surface area contributed by atoms with Crippen LogP contribution in [0, 0.1) is 5.92 Å². The van der Waals surface area contributed by atoms with Gasteiger partial charge in [-0.3, -0.25) is 14.6 Å². The molecule has 36 heavy (non-hydrogen) atoms. The Hall–Kier alpha value is -3.69. The predicted octanol–water partition coefficient (Wildman–Crippen LogP) is 5.56. The number of H-pyrrole nitrogens is 1. The molecule has 3 aromatic rings. The molecule has 0 aliphatic heterocycles. The molecule has 0 saturated carbocycles. The van der Waals surface area contributed by atoms with Gasteiger partial charge < -0.3 is 15.6 Å². The van der Waals surface area contributed by atoms with Gasteiger partial charge >= 0.3 is 6.18 Å². The number of aromatic amines is 1. The van der Waals surface area contributed by atoms with E-state index in [-0.39, 0.29) is 11.8 Å². The third-order valence-corrected chi connectivity index (χ3v) is 5.51. The normalized spacial score (nSPS) is 12.4. The van der Waals surface area contributed by atoms with Crippen LogP contribution < -0.4 is 10.6 Å². The number of aromatic nitrogens is 3. The van der Waals surface area contributed by atoms with E-state index >= 15 is 0 Å². The number of anilines is 1. The standard InChI is InChI=1S/C26H30F3N5O2/c1-15(2)7-23(36)31-10-17-8-20-21(14-33-25(20)32-11-17)18-9-19(13-30-12-18)34-24(16(3)4)22(35)5-6-26(27,28)29/h7-9,11-14,16,24,34H,5-6,10H2,1-4H3,(H,31,36)(H,32,33). The molecule has 3 aromatic heterocycles. The van der Waals surface area contributed by atoms with Gasteiger partial charge in [0.1, 0.15) is 5.65 Å². The third kappa shape index (κ3) is 7.40. The first kappa shape index (κ1) is 26.9. The van der Waals surface area contributed by atoms with E-state index in [1.807, 2.05) is 19.9 Å². The maximum Gasteiger partial charge on any atom is 0.389 e. The van der Waals surface area contributed by atoms with Crippen molar-refractivity contribution in [1.82, 2.24) is 20.3 Å². The average molecular weight is 502 g/mol. The molecule has 0 aliphatic carbocycles. The maximum absolute atomic E-state index is 12.6. The minimum absolute atomic E-state index is 0.183. The molecule has 10 heteroatoms. The van der Waals surface area contributed by atoms with E-state index in [0.29, 0.717) is 17.9 Å². The lowest BCUT2D eigenvalue weighted by Crippen LogP contribution is -2.35. The highest BCUT2D eigenvalue weighted by Gasteiger charge is 2.31. The minimum atomic E-state index is -4.38. The fraction of sp³-hybridized carbons (Fsp3) is 0.385. The number of carbonyl (C=O) groups excluding carboxylic acids is 2. The third-order valence-electron chi connectivity index (χ3n) is 5.51. The SMILES string of the molecule is CC(C)=CC(=O)NCc1cnc2[nH]cc(-c3cncc(NC(C(=O)CCC(F)(F)F)C(C)C)c3)c2c1. The molecular formula is C26H30F3N5O2. The molecule has 0 radical (unpaired) electrons. The lowest BCUT2D eigenvalue weighted by atomic mass is 9.96. The molecule has 0 bridgehead atoms. The van der Waals surface area contributed by atoms with Crippen LogP contribution in [0.2, 0.25) is 0 Å². The van der Waals surface area contributed by atoms with Gasteiger partial charge in [0.05, 0.1) is 18.2 Å². The summed E-state index contributed by atoms with van der Waals surface area (Å²) in [5.74, 6) is -0.892. The van der Waals surface area contributed by atoms with Gasteiger partial charge in [0.25, 0.3) is 0 Å². The molecule has 0 saturated heterocycles. The van der Waals surface area contributed by atoms with E-state index in [0.717, 1.165) is 27.6 Å². The number of ketones is 1. The summed E-state index contributed by atoms with van der Waals surface area (Å²) in [6, 6.07) is 2.95. The Morgan fingerprint density at radius 2 is 1.89 bits per heavy atom. The van der Waals surface area contributed by atoms with Crippen LogP contribution in [0.15, 0.2) is 48.6 Å². The summed E-state index contributed by atoms with van der Waals surface area (Å²) in [7, 11) is 0. The molecular weight excluding hydrogens is 471 g/mol. The largest absolute Gasteiger partial charge is 0.389 e. The summed E-state index contributed by atoms with van der Waals surface area (Å²) in [5.41, 5.74) is 4.46. The summed E-state index contributed by atoms with van der Waals surface area (Å²) in [5, 5.41) is 6.72. The highest BCUT2D eigenvalue weighted by atomic mass is 19.4. The molecule has 7 nitrogen and oxygen atoms in total. The zero-order valence-corrected chi connectivity index (χ0v) is 20.7. The Labute approximate surface area is 207 Å². The van der Waals surface area contributed by atoms with E-state index < -0.39 is 30.8 Å². The van der Waals surface area contributed by atoms with E-state index in [1.54, 1.807) is 38.5 Å². The fourth-order valence-corrected chi connectivity index (χ4v) is 3.77. The summed E-state index contributed by atoms with van der Waals surface area (Å²) in [6.45, 7) is 7.57. The quantitative estimate of drug-likeness (QED) is 0.316. The number of halogens is 3.